The Labute approximate surface area is 143 Å². The van der Waals surface area contributed by atoms with Crippen LogP contribution in [-0.4, -0.2) is 27.9 Å². The Bertz CT molecular complexity index is 986. The Hall–Kier alpha value is -3.28. The van der Waals surface area contributed by atoms with E-state index >= 15 is 0 Å². The number of nitrogens with two attached hydrogens (primary N) is 1. The molecule has 0 aliphatic heterocycles. The third kappa shape index (κ3) is 2.71. The van der Waals surface area contributed by atoms with E-state index in [9.17, 15) is 9.59 Å². The maximum absolute atomic E-state index is 12.5. The Morgan fingerprint density at radius 2 is 1.76 bits per heavy atom. The molecule has 0 fully saturated rings. The highest BCUT2D eigenvalue weighted by molar-refractivity contribution is 5.90. The monoisotopic (exact) mass is 333 g/mol. The Morgan fingerprint density at radius 1 is 1.04 bits per heavy atom. The molecule has 124 valence electrons. The van der Waals surface area contributed by atoms with Gasteiger partial charge in [-0.05, 0) is 23.3 Å². The van der Waals surface area contributed by atoms with E-state index in [-0.39, 0.29) is 5.69 Å². The molecule has 6 heteroatoms. The van der Waals surface area contributed by atoms with Crippen molar-refractivity contribution in [2.75, 3.05) is 0 Å². The fraction of sp³-hybridized carbons (Fsp3) is 0.158. The second-order valence-electron chi connectivity index (χ2n) is 5.97. The minimum absolute atomic E-state index is 0.109. The van der Waals surface area contributed by atoms with Crippen LogP contribution in [0.3, 0.4) is 0 Å². The van der Waals surface area contributed by atoms with Crippen molar-refractivity contribution < 1.29 is 14.3 Å². The number of nitrogens with zero attached hydrogens (tertiary/aromatic N) is 2. The smallest absolute Gasteiger partial charge is 0.358 e. The van der Waals surface area contributed by atoms with Gasteiger partial charge in [-0.2, -0.15) is 0 Å². The van der Waals surface area contributed by atoms with Gasteiger partial charge in [0.15, 0.2) is 5.69 Å². The highest BCUT2D eigenvalue weighted by Crippen LogP contribution is 2.35. The lowest BCUT2D eigenvalue weighted by Crippen LogP contribution is -2.32. The zero-order valence-corrected chi connectivity index (χ0v) is 13.3. The predicted molar refractivity (Wildman–Crippen MR) is 90.8 cm³/mol. The number of amides is 1. The lowest BCUT2D eigenvalue weighted by Gasteiger charge is -2.18. The van der Waals surface area contributed by atoms with Crippen molar-refractivity contribution in [3.05, 3.63) is 71.5 Å². The van der Waals surface area contributed by atoms with Crippen molar-refractivity contribution in [3.63, 3.8) is 0 Å². The maximum atomic E-state index is 12.5. The largest absolute Gasteiger partial charge is 0.456 e. The van der Waals surface area contributed by atoms with Crippen LogP contribution in [0.1, 0.15) is 27.5 Å². The third-order valence-electron chi connectivity index (χ3n) is 4.41. The van der Waals surface area contributed by atoms with Crippen molar-refractivity contribution in [2.45, 2.75) is 18.4 Å². The molecule has 2 aromatic carbocycles. The van der Waals surface area contributed by atoms with E-state index in [1.54, 1.807) is 6.07 Å². The first kappa shape index (κ1) is 15.3. The molecule has 1 aliphatic rings. The van der Waals surface area contributed by atoms with E-state index in [2.05, 4.69) is 9.97 Å². The van der Waals surface area contributed by atoms with E-state index in [1.165, 1.54) is 6.20 Å². The summed E-state index contributed by atoms with van der Waals surface area (Å²) in [7, 11) is 0. The fourth-order valence-electron chi connectivity index (χ4n) is 3.26. The molecule has 1 aromatic heterocycles. The van der Waals surface area contributed by atoms with Crippen LogP contribution in [0.4, 0.5) is 0 Å². The van der Waals surface area contributed by atoms with Gasteiger partial charge in [0.1, 0.15) is 12.0 Å². The van der Waals surface area contributed by atoms with Crippen LogP contribution in [0.15, 0.2) is 54.7 Å². The number of carbonyl (C=O) groups is 2. The molecule has 1 heterocycles. The summed E-state index contributed by atoms with van der Waals surface area (Å²) in [4.78, 5) is 32.9. The first-order valence-corrected chi connectivity index (χ1v) is 7.93. The Morgan fingerprint density at radius 3 is 2.56 bits per heavy atom. The van der Waals surface area contributed by atoms with Crippen LogP contribution in [0.5, 0.6) is 0 Å². The summed E-state index contributed by atoms with van der Waals surface area (Å²) in [6.45, 7) is 0. The maximum Gasteiger partial charge on any atom is 0.358 e. The number of para-hydroxylation sites is 2. The van der Waals surface area contributed by atoms with E-state index in [4.69, 9.17) is 10.5 Å². The quantitative estimate of drug-likeness (QED) is 0.740. The second-order valence-corrected chi connectivity index (χ2v) is 5.97. The first-order chi connectivity index (χ1) is 12.1. The van der Waals surface area contributed by atoms with E-state index in [0.29, 0.717) is 17.5 Å². The third-order valence-corrected chi connectivity index (χ3v) is 4.41. The lowest BCUT2D eigenvalue weighted by molar-refractivity contribution is -0.121. The van der Waals surface area contributed by atoms with E-state index < -0.39 is 23.9 Å². The summed E-state index contributed by atoms with van der Waals surface area (Å²) >= 11 is 0. The Kier molecular flexibility index (Phi) is 3.65. The summed E-state index contributed by atoms with van der Waals surface area (Å²) < 4.78 is 5.56. The molecule has 0 saturated heterocycles. The highest BCUT2D eigenvalue weighted by atomic mass is 16.5. The summed E-state index contributed by atoms with van der Waals surface area (Å²) in [6.07, 6.45) is 1.21. The SMILES string of the molecule is NC(=O)C1c2ccccc2CC1OC(=O)c1cnc2ccccc2n1. The molecule has 0 radical (unpaired) electrons. The topological polar surface area (TPSA) is 95.2 Å². The first-order valence-electron chi connectivity index (χ1n) is 7.93. The van der Waals surface area contributed by atoms with Crippen LogP contribution in [0.2, 0.25) is 0 Å². The molecule has 2 N–H and O–H groups in total. The number of aromatic nitrogens is 2. The van der Waals surface area contributed by atoms with Gasteiger partial charge in [0.2, 0.25) is 5.91 Å². The molecule has 0 saturated carbocycles. The molecule has 4 rings (SSSR count). The van der Waals surface area contributed by atoms with Gasteiger partial charge in [0.05, 0.1) is 17.2 Å². The zero-order valence-electron chi connectivity index (χ0n) is 13.3. The molecule has 2 unspecified atom stereocenters. The highest BCUT2D eigenvalue weighted by Gasteiger charge is 2.39. The van der Waals surface area contributed by atoms with Crippen molar-refractivity contribution in [2.24, 2.45) is 5.73 Å². The second kappa shape index (κ2) is 5.98. The average Bonchev–Trinajstić information content (AvgIpc) is 2.99. The van der Waals surface area contributed by atoms with Crippen LogP contribution >= 0.6 is 0 Å². The number of benzene rings is 2. The summed E-state index contributed by atoms with van der Waals surface area (Å²) in [5.74, 6) is -1.76. The number of rotatable bonds is 3. The molecular weight excluding hydrogens is 318 g/mol. The van der Waals surface area contributed by atoms with Gasteiger partial charge in [0, 0.05) is 6.42 Å². The number of primary amides is 1. The van der Waals surface area contributed by atoms with Crippen molar-refractivity contribution in [1.82, 2.24) is 9.97 Å². The molecule has 25 heavy (non-hydrogen) atoms. The van der Waals surface area contributed by atoms with Gasteiger partial charge in [-0.15, -0.1) is 0 Å². The summed E-state index contributed by atoms with van der Waals surface area (Å²) in [5, 5.41) is 0. The van der Waals surface area contributed by atoms with Gasteiger partial charge < -0.3 is 10.5 Å². The molecule has 6 nitrogen and oxygen atoms in total. The van der Waals surface area contributed by atoms with Gasteiger partial charge in [0.25, 0.3) is 0 Å². The normalized spacial score (nSPS) is 18.7. The van der Waals surface area contributed by atoms with Gasteiger partial charge >= 0.3 is 5.97 Å². The number of ether oxygens (including phenoxy) is 1. The predicted octanol–water partition coefficient (Wildman–Crippen LogP) is 1.98. The van der Waals surface area contributed by atoms with E-state index in [1.807, 2.05) is 42.5 Å². The Balaban J connectivity index is 1.60. The van der Waals surface area contributed by atoms with E-state index in [0.717, 1.165) is 11.1 Å². The van der Waals surface area contributed by atoms with Crippen molar-refractivity contribution in [1.29, 1.82) is 0 Å². The summed E-state index contributed by atoms with van der Waals surface area (Å²) in [5.41, 5.74) is 8.73. The lowest BCUT2D eigenvalue weighted by atomic mass is 9.99. The minimum Gasteiger partial charge on any atom is -0.456 e. The van der Waals surface area contributed by atoms with Crippen LogP contribution in [0.25, 0.3) is 11.0 Å². The molecule has 0 spiro atoms. The van der Waals surface area contributed by atoms with Crippen LogP contribution in [-0.2, 0) is 16.0 Å². The molecule has 0 bridgehead atoms. The standard InChI is InChI=1S/C19H15N3O3/c20-18(23)17-12-6-2-1-5-11(12)9-16(17)25-19(24)15-10-21-13-7-3-4-8-14(13)22-15/h1-8,10,16-17H,9H2,(H2,20,23). The molecule has 1 amide bonds. The van der Waals surface area contributed by atoms with Crippen LogP contribution in [0, 0.1) is 0 Å². The van der Waals surface area contributed by atoms with Crippen LogP contribution < -0.4 is 5.73 Å². The number of fused-ring (bicyclic) bond motifs is 2. The van der Waals surface area contributed by atoms with Gasteiger partial charge in [-0.25, -0.2) is 9.78 Å². The molecule has 2 atom stereocenters. The fourth-order valence-corrected chi connectivity index (χ4v) is 3.26. The molecular formula is C19H15N3O3. The van der Waals surface area contributed by atoms with Crippen molar-refractivity contribution in [3.8, 4) is 0 Å². The summed E-state index contributed by atoms with van der Waals surface area (Å²) in [6, 6.07) is 14.7. The number of hydrogen-bond donors (Lipinski definition) is 1. The van der Waals surface area contributed by atoms with Gasteiger partial charge in [-0.1, -0.05) is 36.4 Å². The van der Waals surface area contributed by atoms with Gasteiger partial charge in [-0.3, -0.25) is 9.78 Å². The number of carbonyl (C=O) groups excluding carboxylic acids is 2. The zero-order chi connectivity index (χ0) is 17.4. The van der Waals surface area contributed by atoms with Crippen molar-refractivity contribution >= 4 is 22.9 Å². The number of hydrogen-bond acceptors (Lipinski definition) is 5. The molecule has 1 aliphatic carbocycles. The average molecular weight is 333 g/mol. The number of esters is 1. The minimum atomic E-state index is -0.645. The molecule has 3 aromatic rings.